The van der Waals surface area contributed by atoms with E-state index in [-0.39, 0.29) is 5.75 Å². The van der Waals surface area contributed by atoms with Crippen LogP contribution in [-0.2, 0) is 0 Å². The van der Waals surface area contributed by atoms with E-state index in [1.807, 2.05) is 0 Å². The maximum absolute atomic E-state index is 12.2. The fraction of sp³-hybridized carbons (Fsp3) is 0.0714. The Kier molecular flexibility index (Phi) is 2.03. The number of phenols is 1. The quantitative estimate of drug-likeness (QED) is 0.367. The van der Waals surface area contributed by atoms with Gasteiger partial charge < -0.3 is 25.3 Å². The summed E-state index contributed by atoms with van der Waals surface area (Å²) >= 11 is 0. The van der Waals surface area contributed by atoms with Gasteiger partial charge in [0.05, 0.1) is 16.8 Å². The molecule has 0 bridgehead atoms. The topological polar surface area (TPSA) is 94.7 Å². The molecule has 1 aliphatic rings. The molecular formula is C14H10N2O4. The number of anilines is 2. The van der Waals surface area contributed by atoms with Crippen LogP contribution in [0.3, 0.4) is 0 Å². The summed E-state index contributed by atoms with van der Waals surface area (Å²) in [7, 11) is 0. The first-order chi connectivity index (χ1) is 9.63. The lowest BCUT2D eigenvalue weighted by Gasteiger charge is -2.06. The van der Waals surface area contributed by atoms with Gasteiger partial charge in [-0.1, -0.05) is 6.07 Å². The highest BCUT2D eigenvalue weighted by molar-refractivity contribution is 6.12. The van der Waals surface area contributed by atoms with Gasteiger partial charge in [0.15, 0.2) is 0 Å². The molecule has 0 amide bonds. The number of hydrogen-bond acceptors (Lipinski definition) is 6. The van der Waals surface area contributed by atoms with Crippen LogP contribution in [0.25, 0.3) is 21.7 Å². The molecule has 0 spiro atoms. The first-order valence-electron chi connectivity index (χ1n) is 6.07. The smallest absolute Gasteiger partial charge is 0.346 e. The van der Waals surface area contributed by atoms with Crippen LogP contribution in [0.5, 0.6) is 5.75 Å². The van der Waals surface area contributed by atoms with Gasteiger partial charge in [-0.25, -0.2) is 4.79 Å². The predicted molar refractivity (Wildman–Crippen MR) is 74.9 cm³/mol. The van der Waals surface area contributed by atoms with E-state index in [2.05, 4.69) is 10.6 Å². The molecule has 20 heavy (non-hydrogen) atoms. The van der Waals surface area contributed by atoms with E-state index in [0.29, 0.717) is 27.7 Å². The molecule has 1 aliphatic heterocycles. The van der Waals surface area contributed by atoms with Gasteiger partial charge in [-0.2, -0.15) is 0 Å². The minimum atomic E-state index is -0.925. The Morgan fingerprint density at radius 1 is 1.10 bits per heavy atom. The Labute approximate surface area is 112 Å². The second-order valence-corrected chi connectivity index (χ2v) is 4.67. The normalized spacial score (nSPS) is 16.9. The molecule has 0 saturated carbocycles. The monoisotopic (exact) mass is 270 g/mol. The molecule has 0 fully saturated rings. The van der Waals surface area contributed by atoms with Crippen LogP contribution in [0.1, 0.15) is 0 Å². The lowest BCUT2D eigenvalue weighted by Crippen LogP contribution is -2.20. The van der Waals surface area contributed by atoms with Crippen molar-refractivity contribution in [3.05, 3.63) is 40.8 Å². The van der Waals surface area contributed by atoms with E-state index < -0.39 is 12.0 Å². The van der Waals surface area contributed by atoms with Crippen molar-refractivity contribution in [3.63, 3.8) is 0 Å². The molecule has 4 rings (SSSR count). The average molecular weight is 270 g/mol. The van der Waals surface area contributed by atoms with Gasteiger partial charge in [0, 0.05) is 16.8 Å². The van der Waals surface area contributed by atoms with Gasteiger partial charge in [0.1, 0.15) is 11.3 Å². The number of benzene rings is 2. The second-order valence-electron chi connectivity index (χ2n) is 4.67. The molecule has 100 valence electrons. The lowest BCUT2D eigenvalue weighted by molar-refractivity contribution is 0.238. The molecule has 1 aromatic heterocycles. The van der Waals surface area contributed by atoms with E-state index in [1.54, 1.807) is 18.2 Å². The van der Waals surface area contributed by atoms with Gasteiger partial charge >= 0.3 is 5.63 Å². The molecule has 2 aromatic carbocycles. The number of aliphatic hydroxyl groups excluding tert-OH is 1. The molecule has 3 aromatic rings. The highest BCUT2D eigenvalue weighted by Gasteiger charge is 2.22. The summed E-state index contributed by atoms with van der Waals surface area (Å²) in [6, 6.07) is 8.21. The van der Waals surface area contributed by atoms with E-state index in [9.17, 15) is 15.0 Å². The Morgan fingerprint density at radius 2 is 1.90 bits per heavy atom. The van der Waals surface area contributed by atoms with Gasteiger partial charge in [-0.15, -0.1) is 0 Å². The highest BCUT2D eigenvalue weighted by Crippen LogP contribution is 2.37. The van der Waals surface area contributed by atoms with Crippen LogP contribution >= 0.6 is 0 Å². The SMILES string of the molecule is O=c1oc2cc(O)ccc2c2ccc3c(c12)NC(O)N3. The van der Waals surface area contributed by atoms with E-state index in [4.69, 9.17) is 4.42 Å². The average Bonchev–Trinajstić information content (AvgIpc) is 2.78. The standard InChI is InChI=1S/C14H10N2O4/c17-6-1-2-7-8-3-4-9-12(16-14(19)15-9)11(8)13(18)20-10(7)5-6/h1-5,14-17,19H. The van der Waals surface area contributed by atoms with Gasteiger partial charge in [0.2, 0.25) is 6.35 Å². The van der Waals surface area contributed by atoms with Crippen molar-refractivity contribution in [2.45, 2.75) is 6.35 Å². The maximum Gasteiger partial charge on any atom is 0.346 e. The minimum absolute atomic E-state index is 0.0383. The van der Waals surface area contributed by atoms with Crippen molar-refractivity contribution in [3.8, 4) is 5.75 Å². The van der Waals surface area contributed by atoms with Crippen molar-refractivity contribution in [1.29, 1.82) is 0 Å². The number of phenolic OH excluding ortho intramolecular Hbond substituents is 1. The Hall–Kier alpha value is -2.73. The Morgan fingerprint density at radius 3 is 2.75 bits per heavy atom. The van der Waals surface area contributed by atoms with Crippen LogP contribution in [0.4, 0.5) is 11.4 Å². The number of fused-ring (bicyclic) bond motifs is 5. The fourth-order valence-electron chi connectivity index (χ4n) is 2.60. The molecule has 1 unspecified atom stereocenters. The molecule has 0 saturated heterocycles. The summed E-state index contributed by atoms with van der Waals surface area (Å²) in [6.07, 6.45) is -0.925. The summed E-state index contributed by atoms with van der Waals surface area (Å²) in [5.41, 5.74) is 0.987. The summed E-state index contributed by atoms with van der Waals surface area (Å²) in [6.45, 7) is 0. The fourth-order valence-corrected chi connectivity index (χ4v) is 2.60. The van der Waals surface area contributed by atoms with Crippen molar-refractivity contribution in [2.24, 2.45) is 0 Å². The Bertz CT molecular complexity index is 916. The number of rotatable bonds is 0. The number of nitrogens with one attached hydrogen (secondary N) is 2. The van der Waals surface area contributed by atoms with Crippen LogP contribution in [0, 0.1) is 0 Å². The molecule has 6 nitrogen and oxygen atoms in total. The largest absolute Gasteiger partial charge is 0.508 e. The third kappa shape index (κ3) is 1.39. The third-order valence-electron chi connectivity index (χ3n) is 3.44. The van der Waals surface area contributed by atoms with Crippen LogP contribution < -0.4 is 16.3 Å². The summed E-state index contributed by atoms with van der Waals surface area (Å²) in [5, 5.41) is 26.4. The highest BCUT2D eigenvalue weighted by atomic mass is 16.4. The van der Waals surface area contributed by atoms with Crippen molar-refractivity contribution in [1.82, 2.24) is 0 Å². The van der Waals surface area contributed by atoms with Crippen molar-refractivity contribution in [2.75, 3.05) is 10.6 Å². The Balaban J connectivity index is 2.20. The van der Waals surface area contributed by atoms with Gasteiger partial charge in [-0.3, -0.25) is 0 Å². The summed E-state index contributed by atoms with van der Waals surface area (Å²) < 4.78 is 5.25. The van der Waals surface area contributed by atoms with E-state index >= 15 is 0 Å². The van der Waals surface area contributed by atoms with E-state index in [1.165, 1.54) is 12.1 Å². The van der Waals surface area contributed by atoms with Crippen molar-refractivity contribution < 1.29 is 14.6 Å². The molecule has 0 aliphatic carbocycles. The predicted octanol–water partition coefficient (Wildman–Crippen LogP) is 1.77. The molecule has 4 N–H and O–H groups in total. The number of aliphatic hydroxyl groups is 1. The zero-order chi connectivity index (χ0) is 13.9. The summed E-state index contributed by atoms with van der Waals surface area (Å²) in [4.78, 5) is 12.2. The van der Waals surface area contributed by atoms with E-state index in [0.717, 1.165) is 5.39 Å². The molecule has 1 atom stereocenters. The zero-order valence-corrected chi connectivity index (χ0v) is 10.2. The van der Waals surface area contributed by atoms with Crippen LogP contribution in [0.2, 0.25) is 0 Å². The molecular weight excluding hydrogens is 260 g/mol. The molecule has 6 heteroatoms. The third-order valence-corrected chi connectivity index (χ3v) is 3.44. The summed E-state index contributed by atoms with van der Waals surface area (Å²) in [5.74, 6) is 0.0383. The van der Waals surface area contributed by atoms with Crippen LogP contribution in [0.15, 0.2) is 39.5 Å². The van der Waals surface area contributed by atoms with Crippen LogP contribution in [-0.4, -0.2) is 16.6 Å². The molecule has 0 radical (unpaired) electrons. The first-order valence-corrected chi connectivity index (χ1v) is 6.07. The van der Waals surface area contributed by atoms with Crippen molar-refractivity contribution >= 4 is 33.1 Å². The zero-order valence-electron chi connectivity index (χ0n) is 10.2. The molecule has 2 heterocycles. The second kappa shape index (κ2) is 3.64. The first kappa shape index (κ1) is 11.1. The van der Waals surface area contributed by atoms with Gasteiger partial charge in [-0.05, 0) is 18.2 Å². The number of aromatic hydroxyl groups is 1. The lowest BCUT2D eigenvalue weighted by atomic mass is 10.1. The van der Waals surface area contributed by atoms with Gasteiger partial charge in [0.25, 0.3) is 0 Å². The number of hydrogen-bond donors (Lipinski definition) is 4. The minimum Gasteiger partial charge on any atom is -0.508 e. The maximum atomic E-state index is 12.2.